The standard InChI is InChI=1S/C15H22N2O3/c1-11-14(4-3-5-15(11)17(19)20)10-16-8-6-13(7-9-16)12(2)18/h3-5,12-13,18H,6-10H2,1-2H3/t12-/m1/s1. The molecule has 0 aromatic heterocycles. The monoisotopic (exact) mass is 278 g/mol. The lowest BCUT2D eigenvalue weighted by Gasteiger charge is -2.33. The van der Waals surface area contributed by atoms with Crippen LogP contribution >= 0.6 is 0 Å². The summed E-state index contributed by atoms with van der Waals surface area (Å²) >= 11 is 0. The largest absolute Gasteiger partial charge is 0.393 e. The number of nitro benzene ring substituents is 1. The topological polar surface area (TPSA) is 66.6 Å². The van der Waals surface area contributed by atoms with Gasteiger partial charge in [-0.3, -0.25) is 15.0 Å². The molecule has 0 radical (unpaired) electrons. The summed E-state index contributed by atoms with van der Waals surface area (Å²) in [6.45, 7) is 6.30. The molecule has 1 aliphatic heterocycles. The molecule has 5 heteroatoms. The Kier molecular flexibility index (Phi) is 4.73. The molecule has 2 rings (SSSR count). The molecule has 5 nitrogen and oxygen atoms in total. The van der Waals surface area contributed by atoms with Crippen LogP contribution in [-0.4, -0.2) is 34.1 Å². The molecule has 1 aromatic rings. The number of aliphatic hydroxyl groups is 1. The van der Waals surface area contributed by atoms with Crippen molar-refractivity contribution in [3.63, 3.8) is 0 Å². The van der Waals surface area contributed by atoms with E-state index >= 15 is 0 Å². The van der Waals surface area contributed by atoms with Crippen LogP contribution in [0.15, 0.2) is 18.2 Å². The summed E-state index contributed by atoms with van der Waals surface area (Å²) in [7, 11) is 0. The van der Waals surface area contributed by atoms with Crippen molar-refractivity contribution in [1.82, 2.24) is 4.90 Å². The Balaban J connectivity index is 2.01. The van der Waals surface area contributed by atoms with Crippen molar-refractivity contribution >= 4 is 5.69 Å². The van der Waals surface area contributed by atoms with E-state index in [0.29, 0.717) is 5.92 Å². The maximum Gasteiger partial charge on any atom is 0.272 e. The van der Waals surface area contributed by atoms with E-state index in [1.165, 1.54) is 0 Å². The van der Waals surface area contributed by atoms with Gasteiger partial charge in [0.1, 0.15) is 0 Å². The summed E-state index contributed by atoms with van der Waals surface area (Å²) in [4.78, 5) is 12.9. The van der Waals surface area contributed by atoms with Gasteiger partial charge in [-0.05, 0) is 51.3 Å². The highest BCUT2D eigenvalue weighted by atomic mass is 16.6. The Hall–Kier alpha value is -1.46. The van der Waals surface area contributed by atoms with E-state index < -0.39 is 0 Å². The smallest absolute Gasteiger partial charge is 0.272 e. The molecule has 1 fully saturated rings. The van der Waals surface area contributed by atoms with E-state index in [1.54, 1.807) is 12.1 Å². The number of benzene rings is 1. The molecule has 0 saturated carbocycles. The Bertz CT molecular complexity index is 480. The first-order valence-electron chi connectivity index (χ1n) is 7.12. The number of nitro groups is 1. The van der Waals surface area contributed by atoms with Crippen LogP contribution in [0, 0.1) is 23.0 Å². The van der Waals surface area contributed by atoms with Gasteiger partial charge in [-0.15, -0.1) is 0 Å². The predicted octanol–water partition coefficient (Wildman–Crippen LogP) is 2.50. The quantitative estimate of drug-likeness (QED) is 0.678. The summed E-state index contributed by atoms with van der Waals surface area (Å²) in [5.74, 6) is 0.387. The van der Waals surface area contributed by atoms with Crippen LogP contribution in [0.4, 0.5) is 5.69 Å². The second-order valence-corrected chi connectivity index (χ2v) is 5.67. The fraction of sp³-hybridized carbons (Fsp3) is 0.600. The van der Waals surface area contributed by atoms with E-state index in [1.807, 2.05) is 19.9 Å². The average molecular weight is 278 g/mol. The molecule has 0 aliphatic carbocycles. The first-order chi connectivity index (χ1) is 9.49. The van der Waals surface area contributed by atoms with Crippen LogP contribution in [0.25, 0.3) is 0 Å². The first kappa shape index (κ1) is 14.9. The number of likely N-dealkylation sites (tertiary alicyclic amines) is 1. The van der Waals surface area contributed by atoms with Crippen LogP contribution in [0.1, 0.15) is 30.9 Å². The molecule has 1 saturated heterocycles. The third-order valence-electron chi connectivity index (χ3n) is 4.32. The van der Waals surface area contributed by atoms with Crippen molar-refractivity contribution < 1.29 is 10.0 Å². The molecule has 0 bridgehead atoms. The van der Waals surface area contributed by atoms with Crippen molar-refractivity contribution in [2.24, 2.45) is 5.92 Å². The third-order valence-corrected chi connectivity index (χ3v) is 4.32. The Morgan fingerprint density at radius 2 is 2.10 bits per heavy atom. The van der Waals surface area contributed by atoms with Crippen molar-refractivity contribution in [3.8, 4) is 0 Å². The molecule has 1 aromatic carbocycles. The Morgan fingerprint density at radius 3 is 2.65 bits per heavy atom. The number of hydrogen-bond acceptors (Lipinski definition) is 4. The number of hydrogen-bond donors (Lipinski definition) is 1. The van der Waals surface area contributed by atoms with E-state index in [4.69, 9.17) is 0 Å². The zero-order valence-corrected chi connectivity index (χ0v) is 12.1. The van der Waals surface area contributed by atoms with E-state index in [0.717, 1.165) is 43.6 Å². The minimum Gasteiger partial charge on any atom is -0.393 e. The van der Waals surface area contributed by atoms with Crippen LogP contribution < -0.4 is 0 Å². The lowest BCUT2D eigenvalue weighted by Crippen LogP contribution is -2.36. The normalized spacial score (nSPS) is 18.9. The number of nitrogens with zero attached hydrogens (tertiary/aromatic N) is 2. The van der Waals surface area contributed by atoms with Gasteiger partial charge in [0.15, 0.2) is 0 Å². The zero-order valence-electron chi connectivity index (χ0n) is 12.1. The average Bonchev–Trinajstić information content (AvgIpc) is 2.41. The minimum atomic E-state index is -0.321. The minimum absolute atomic E-state index is 0.196. The second-order valence-electron chi connectivity index (χ2n) is 5.67. The molecule has 0 unspecified atom stereocenters. The van der Waals surface area contributed by atoms with E-state index in [9.17, 15) is 15.2 Å². The van der Waals surface area contributed by atoms with Gasteiger partial charge in [-0.25, -0.2) is 0 Å². The molecule has 0 amide bonds. The molecule has 1 heterocycles. The molecule has 110 valence electrons. The number of piperidine rings is 1. The first-order valence-corrected chi connectivity index (χ1v) is 7.12. The van der Waals surface area contributed by atoms with Crippen molar-refractivity contribution in [2.45, 2.75) is 39.3 Å². The van der Waals surface area contributed by atoms with Gasteiger partial charge in [0.2, 0.25) is 0 Å². The van der Waals surface area contributed by atoms with Gasteiger partial charge in [-0.1, -0.05) is 12.1 Å². The maximum absolute atomic E-state index is 10.9. The summed E-state index contributed by atoms with van der Waals surface area (Å²) < 4.78 is 0. The van der Waals surface area contributed by atoms with Crippen LogP contribution in [0.5, 0.6) is 0 Å². The molecule has 1 aliphatic rings. The molecular formula is C15H22N2O3. The van der Waals surface area contributed by atoms with Crippen LogP contribution in [0.3, 0.4) is 0 Å². The lowest BCUT2D eigenvalue weighted by atomic mass is 9.92. The summed E-state index contributed by atoms with van der Waals surface area (Å²) in [6, 6.07) is 5.27. The molecule has 0 spiro atoms. The zero-order chi connectivity index (χ0) is 14.7. The Morgan fingerprint density at radius 1 is 1.45 bits per heavy atom. The van der Waals surface area contributed by atoms with Crippen LogP contribution in [-0.2, 0) is 6.54 Å². The molecule has 1 atom stereocenters. The number of rotatable bonds is 4. The van der Waals surface area contributed by atoms with E-state index in [-0.39, 0.29) is 16.7 Å². The third kappa shape index (κ3) is 3.35. The molecular weight excluding hydrogens is 256 g/mol. The fourth-order valence-electron chi connectivity index (χ4n) is 2.87. The Labute approximate surface area is 119 Å². The highest BCUT2D eigenvalue weighted by Crippen LogP contribution is 2.25. The number of aliphatic hydroxyl groups excluding tert-OH is 1. The summed E-state index contributed by atoms with van der Waals surface area (Å²) in [5, 5.41) is 20.5. The van der Waals surface area contributed by atoms with Gasteiger partial charge < -0.3 is 5.11 Å². The predicted molar refractivity (Wildman–Crippen MR) is 77.5 cm³/mol. The highest BCUT2D eigenvalue weighted by molar-refractivity contribution is 5.44. The van der Waals surface area contributed by atoms with Gasteiger partial charge in [0, 0.05) is 18.2 Å². The van der Waals surface area contributed by atoms with E-state index in [2.05, 4.69) is 4.90 Å². The van der Waals surface area contributed by atoms with Crippen molar-refractivity contribution in [3.05, 3.63) is 39.4 Å². The molecule has 20 heavy (non-hydrogen) atoms. The summed E-state index contributed by atoms with van der Waals surface area (Å²) in [5.41, 5.74) is 1.98. The van der Waals surface area contributed by atoms with Gasteiger partial charge >= 0.3 is 0 Å². The molecule has 1 N–H and O–H groups in total. The highest BCUT2D eigenvalue weighted by Gasteiger charge is 2.23. The van der Waals surface area contributed by atoms with Crippen molar-refractivity contribution in [1.29, 1.82) is 0 Å². The van der Waals surface area contributed by atoms with Gasteiger partial charge in [0.05, 0.1) is 11.0 Å². The second kappa shape index (κ2) is 6.33. The maximum atomic E-state index is 10.9. The SMILES string of the molecule is Cc1c(CN2CCC([C@@H](C)O)CC2)cccc1[N+](=O)[O-]. The lowest BCUT2D eigenvalue weighted by molar-refractivity contribution is -0.385. The van der Waals surface area contributed by atoms with Gasteiger partial charge in [0.25, 0.3) is 5.69 Å². The van der Waals surface area contributed by atoms with Crippen LogP contribution in [0.2, 0.25) is 0 Å². The summed E-state index contributed by atoms with van der Waals surface area (Å²) in [6.07, 6.45) is 1.74. The fourth-order valence-corrected chi connectivity index (χ4v) is 2.87. The van der Waals surface area contributed by atoms with Gasteiger partial charge in [-0.2, -0.15) is 0 Å². The van der Waals surface area contributed by atoms with Crippen molar-refractivity contribution in [2.75, 3.05) is 13.1 Å².